The SMILES string of the molecule is CSCC[C@H](N)C(=O)NC1CCCc2nc(-c3ccc(F)cc3)sc21. The summed E-state index contributed by atoms with van der Waals surface area (Å²) in [7, 11) is 0. The maximum absolute atomic E-state index is 13.1. The van der Waals surface area contributed by atoms with Gasteiger partial charge in [0.25, 0.3) is 0 Å². The summed E-state index contributed by atoms with van der Waals surface area (Å²) in [6, 6.07) is 5.88. The van der Waals surface area contributed by atoms with E-state index in [4.69, 9.17) is 10.7 Å². The Labute approximate surface area is 155 Å². The lowest BCUT2D eigenvalue weighted by Crippen LogP contribution is -2.43. The number of amides is 1. The van der Waals surface area contributed by atoms with Gasteiger partial charge in [0.15, 0.2) is 0 Å². The largest absolute Gasteiger partial charge is 0.347 e. The van der Waals surface area contributed by atoms with Crippen molar-refractivity contribution >= 4 is 29.0 Å². The van der Waals surface area contributed by atoms with Crippen LogP contribution in [-0.4, -0.2) is 28.9 Å². The van der Waals surface area contributed by atoms with Gasteiger partial charge in [-0.25, -0.2) is 9.37 Å². The van der Waals surface area contributed by atoms with Crippen molar-refractivity contribution in [3.05, 3.63) is 40.7 Å². The normalized spacial score (nSPS) is 17.8. The Morgan fingerprint density at radius 3 is 2.96 bits per heavy atom. The first-order chi connectivity index (χ1) is 12.1. The van der Waals surface area contributed by atoms with Gasteiger partial charge >= 0.3 is 0 Å². The number of rotatable bonds is 6. The van der Waals surface area contributed by atoms with Crippen LogP contribution in [0.4, 0.5) is 4.39 Å². The van der Waals surface area contributed by atoms with E-state index in [9.17, 15) is 9.18 Å². The first-order valence-electron chi connectivity index (χ1n) is 8.39. The quantitative estimate of drug-likeness (QED) is 0.806. The average Bonchev–Trinajstić information content (AvgIpc) is 3.05. The number of fused-ring (bicyclic) bond motifs is 1. The summed E-state index contributed by atoms with van der Waals surface area (Å²) >= 11 is 3.27. The van der Waals surface area contributed by atoms with Crippen LogP contribution < -0.4 is 11.1 Å². The van der Waals surface area contributed by atoms with Crippen LogP contribution in [-0.2, 0) is 11.2 Å². The Balaban J connectivity index is 1.75. The summed E-state index contributed by atoms with van der Waals surface area (Å²) < 4.78 is 13.1. The fourth-order valence-corrected chi connectivity index (χ4v) is 4.62. The molecule has 1 aromatic heterocycles. The Morgan fingerprint density at radius 2 is 2.24 bits per heavy atom. The second kappa shape index (κ2) is 8.29. The van der Waals surface area contributed by atoms with Crippen molar-refractivity contribution in [2.24, 2.45) is 5.73 Å². The van der Waals surface area contributed by atoms with Crippen LogP contribution in [0.15, 0.2) is 24.3 Å². The minimum absolute atomic E-state index is 0.0247. The molecule has 4 nitrogen and oxygen atoms in total. The smallest absolute Gasteiger partial charge is 0.237 e. The highest BCUT2D eigenvalue weighted by Crippen LogP contribution is 2.38. The number of aromatic nitrogens is 1. The molecule has 0 radical (unpaired) electrons. The fourth-order valence-electron chi connectivity index (χ4n) is 2.93. The molecule has 3 N–H and O–H groups in total. The Hall–Kier alpha value is -1.44. The van der Waals surface area contributed by atoms with E-state index >= 15 is 0 Å². The fraction of sp³-hybridized carbons (Fsp3) is 0.444. The van der Waals surface area contributed by atoms with Gasteiger partial charge in [-0.15, -0.1) is 11.3 Å². The Bertz CT molecular complexity index is 732. The minimum Gasteiger partial charge on any atom is -0.347 e. The predicted molar refractivity (Wildman–Crippen MR) is 102 cm³/mol. The van der Waals surface area contributed by atoms with Crippen molar-refractivity contribution in [2.75, 3.05) is 12.0 Å². The van der Waals surface area contributed by atoms with Gasteiger partial charge in [0.1, 0.15) is 10.8 Å². The molecule has 0 spiro atoms. The first kappa shape index (κ1) is 18.4. The number of hydrogen-bond donors (Lipinski definition) is 2. The number of aryl methyl sites for hydroxylation is 1. The summed E-state index contributed by atoms with van der Waals surface area (Å²) in [6.07, 6.45) is 5.49. The van der Waals surface area contributed by atoms with Crippen molar-refractivity contribution in [3.63, 3.8) is 0 Å². The van der Waals surface area contributed by atoms with E-state index in [1.165, 1.54) is 12.1 Å². The summed E-state index contributed by atoms with van der Waals surface area (Å²) in [5, 5.41) is 3.97. The zero-order valence-electron chi connectivity index (χ0n) is 14.1. The zero-order chi connectivity index (χ0) is 17.8. The molecular formula is C18H22FN3OS2. The van der Waals surface area contributed by atoms with Gasteiger partial charge in [0.2, 0.25) is 5.91 Å². The lowest BCUT2D eigenvalue weighted by Gasteiger charge is -2.24. The minimum atomic E-state index is -0.470. The second-order valence-electron chi connectivity index (χ2n) is 6.18. The number of carbonyl (C=O) groups is 1. The number of nitrogens with two attached hydrogens (primary N) is 1. The molecule has 0 saturated heterocycles. The molecule has 2 atom stereocenters. The van der Waals surface area contributed by atoms with E-state index in [1.54, 1.807) is 35.2 Å². The molecule has 0 aliphatic heterocycles. The number of thiazole rings is 1. The van der Waals surface area contributed by atoms with Crippen LogP contribution in [0.5, 0.6) is 0 Å². The number of nitrogens with one attached hydrogen (secondary N) is 1. The molecule has 1 amide bonds. The third kappa shape index (κ3) is 4.40. The highest BCUT2D eigenvalue weighted by molar-refractivity contribution is 7.98. The topological polar surface area (TPSA) is 68.0 Å². The average molecular weight is 380 g/mol. The predicted octanol–water partition coefficient (Wildman–Crippen LogP) is 3.52. The molecule has 0 saturated carbocycles. The van der Waals surface area contributed by atoms with Crippen molar-refractivity contribution < 1.29 is 9.18 Å². The third-order valence-electron chi connectivity index (χ3n) is 4.33. The molecule has 1 aliphatic rings. The molecule has 1 unspecified atom stereocenters. The number of benzene rings is 1. The zero-order valence-corrected chi connectivity index (χ0v) is 15.8. The van der Waals surface area contributed by atoms with E-state index in [-0.39, 0.29) is 17.8 Å². The number of carbonyl (C=O) groups excluding carboxylic acids is 1. The highest BCUT2D eigenvalue weighted by atomic mass is 32.2. The monoisotopic (exact) mass is 379 g/mol. The summed E-state index contributed by atoms with van der Waals surface area (Å²) in [5.74, 6) is 0.526. The van der Waals surface area contributed by atoms with E-state index in [0.29, 0.717) is 6.42 Å². The van der Waals surface area contributed by atoms with Gasteiger partial charge in [0, 0.05) is 5.56 Å². The Kier molecular flexibility index (Phi) is 6.09. The molecule has 1 heterocycles. The standard InChI is InChI=1S/C18H22FN3OS2/c1-24-10-9-13(20)17(23)21-14-3-2-4-15-16(14)25-18(22-15)11-5-7-12(19)8-6-11/h5-8,13-14H,2-4,9-10,20H2,1H3,(H,21,23)/t13-,14?/m0/s1. The van der Waals surface area contributed by atoms with Gasteiger partial charge in [-0.1, -0.05) is 0 Å². The van der Waals surface area contributed by atoms with Gasteiger partial charge in [-0.2, -0.15) is 11.8 Å². The molecular weight excluding hydrogens is 357 g/mol. The maximum atomic E-state index is 13.1. The molecule has 7 heteroatoms. The van der Waals surface area contributed by atoms with Crippen LogP contribution >= 0.6 is 23.1 Å². The van der Waals surface area contributed by atoms with Crippen LogP contribution in [0, 0.1) is 5.82 Å². The molecule has 1 aliphatic carbocycles. The highest BCUT2D eigenvalue weighted by Gasteiger charge is 2.27. The summed E-state index contributed by atoms with van der Waals surface area (Å²) in [4.78, 5) is 18.2. The number of thioether (sulfide) groups is 1. The molecule has 25 heavy (non-hydrogen) atoms. The molecule has 0 bridgehead atoms. The van der Waals surface area contributed by atoms with E-state index < -0.39 is 6.04 Å². The second-order valence-corrected chi connectivity index (χ2v) is 8.19. The van der Waals surface area contributed by atoms with Gasteiger partial charge in [-0.3, -0.25) is 4.79 Å². The summed E-state index contributed by atoms with van der Waals surface area (Å²) in [5.41, 5.74) is 7.92. The molecule has 0 fully saturated rings. The van der Waals surface area contributed by atoms with Crippen LogP contribution in [0.1, 0.15) is 35.9 Å². The van der Waals surface area contributed by atoms with Crippen molar-refractivity contribution in [2.45, 2.75) is 37.8 Å². The van der Waals surface area contributed by atoms with Gasteiger partial charge in [-0.05, 0) is 62.0 Å². The molecule has 134 valence electrons. The van der Waals surface area contributed by atoms with Crippen molar-refractivity contribution in [3.8, 4) is 10.6 Å². The van der Waals surface area contributed by atoms with E-state index in [1.807, 2.05) is 6.26 Å². The van der Waals surface area contributed by atoms with Crippen LogP contribution in [0.3, 0.4) is 0 Å². The lowest BCUT2D eigenvalue weighted by atomic mass is 9.97. The molecule has 2 aromatic rings. The molecule has 1 aromatic carbocycles. The first-order valence-corrected chi connectivity index (χ1v) is 10.6. The van der Waals surface area contributed by atoms with Crippen molar-refractivity contribution in [1.82, 2.24) is 10.3 Å². The van der Waals surface area contributed by atoms with Crippen LogP contribution in [0.25, 0.3) is 10.6 Å². The van der Waals surface area contributed by atoms with Crippen LogP contribution in [0.2, 0.25) is 0 Å². The maximum Gasteiger partial charge on any atom is 0.237 e. The van der Waals surface area contributed by atoms with Gasteiger partial charge < -0.3 is 11.1 Å². The third-order valence-corrected chi connectivity index (χ3v) is 6.23. The number of halogens is 1. The molecule has 3 rings (SSSR count). The number of hydrogen-bond acceptors (Lipinski definition) is 5. The lowest BCUT2D eigenvalue weighted by molar-refractivity contribution is -0.123. The van der Waals surface area contributed by atoms with E-state index in [0.717, 1.165) is 46.2 Å². The van der Waals surface area contributed by atoms with Crippen molar-refractivity contribution in [1.29, 1.82) is 0 Å². The number of nitrogens with zero attached hydrogens (tertiary/aromatic N) is 1. The van der Waals surface area contributed by atoms with E-state index in [2.05, 4.69) is 5.32 Å². The Morgan fingerprint density at radius 1 is 1.48 bits per heavy atom. The summed E-state index contributed by atoms with van der Waals surface area (Å²) in [6.45, 7) is 0. The van der Waals surface area contributed by atoms with Gasteiger partial charge in [0.05, 0.1) is 22.7 Å².